The number of nitrogens with zero attached hydrogens (tertiary/aromatic N) is 4. The first-order valence-electron chi connectivity index (χ1n) is 8.92. The van der Waals surface area contributed by atoms with E-state index in [2.05, 4.69) is 15.0 Å². The van der Waals surface area contributed by atoms with Crippen molar-refractivity contribution in [3.8, 4) is 17.3 Å². The van der Waals surface area contributed by atoms with Crippen molar-refractivity contribution in [1.29, 1.82) is 0 Å². The van der Waals surface area contributed by atoms with Crippen LogP contribution in [-0.4, -0.2) is 58.6 Å². The molecular formula is C19H19FN4O4. The van der Waals surface area contributed by atoms with E-state index >= 15 is 0 Å². The van der Waals surface area contributed by atoms with Gasteiger partial charge in [0.25, 0.3) is 5.91 Å². The van der Waals surface area contributed by atoms with Gasteiger partial charge in [0, 0.05) is 26.2 Å². The largest absolute Gasteiger partial charge is 0.484 e. The molecule has 1 fully saturated rings. The number of amides is 1. The summed E-state index contributed by atoms with van der Waals surface area (Å²) in [5, 5.41) is 3.91. The van der Waals surface area contributed by atoms with Gasteiger partial charge in [0.1, 0.15) is 11.6 Å². The second kappa shape index (κ2) is 8.22. The molecule has 0 spiro atoms. The van der Waals surface area contributed by atoms with Gasteiger partial charge in [-0.1, -0.05) is 5.16 Å². The Labute approximate surface area is 160 Å². The molecule has 8 nitrogen and oxygen atoms in total. The Bertz CT molecular complexity index is 902. The first-order valence-corrected chi connectivity index (χ1v) is 8.92. The van der Waals surface area contributed by atoms with Gasteiger partial charge in [0.2, 0.25) is 11.7 Å². The maximum absolute atomic E-state index is 12.9. The molecule has 1 aliphatic heterocycles. The maximum Gasteiger partial charge on any atom is 0.260 e. The summed E-state index contributed by atoms with van der Waals surface area (Å²) < 4.78 is 28.8. The van der Waals surface area contributed by atoms with Crippen LogP contribution in [0.5, 0.6) is 5.75 Å². The summed E-state index contributed by atoms with van der Waals surface area (Å²) in [6.07, 6.45) is 1.56. The fourth-order valence-electron chi connectivity index (χ4n) is 2.94. The summed E-state index contributed by atoms with van der Waals surface area (Å²) in [4.78, 5) is 20.5. The van der Waals surface area contributed by atoms with Gasteiger partial charge in [0.15, 0.2) is 12.4 Å². The Morgan fingerprint density at radius 3 is 2.64 bits per heavy atom. The van der Waals surface area contributed by atoms with Crippen LogP contribution in [0.4, 0.5) is 4.39 Å². The van der Waals surface area contributed by atoms with Crippen molar-refractivity contribution in [2.75, 3.05) is 32.8 Å². The lowest BCUT2D eigenvalue weighted by Gasteiger charge is -2.33. The zero-order chi connectivity index (χ0) is 19.3. The quantitative estimate of drug-likeness (QED) is 0.642. The second-order valence-electron chi connectivity index (χ2n) is 6.39. The Kier molecular flexibility index (Phi) is 5.34. The number of halogens is 1. The van der Waals surface area contributed by atoms with E-state index in [1.165, 1.54) is 24.3 Å². The first-order chi connectivity index (χ1) is 13.7. The highest BCUT2D eigenvalue weighted by atomic mass is 19.1. The number of ether oxygens (including phenoxy) is 1. The summed E-state index contributed by atoms with van der Waals surface area (Å²) in [6, 6.07) is 9.14. The predicted molar refractivity (Wildman–Crippen MR) is 95.8 cm³/mol. The van der Waals surface area contributed by atoms with Crippen molar-refractivity contribution < 1.29 is 22.9 Å². The van der Waals surface area contributed by atoms with Crippen LogP contribution in [0, 0.1) is 5.82 Å². The zero-order valence-electron chi connectivity index (χ0n) is 15.1. The molecule has 0 bridgehead atoms. The number of carbonyl (C=O) groups is 1. The van der Waals surface area contributed by atoms with Crippen molar-refractivity contribution in [2.45, 2.75) is 6.54 Å². The van der Waals surface area contributed by atoms with Crippen LogP contribution in [0.3, 0.4) is 0 Å². The maximum atomic E-state index is 12.9. The minimum atomic E-state index is -0.340. The van der Waals surface area contributed by atoms with E-state index in [-0.39, 0.29) is 18.3 Å². The Morgan fingerprint density at radius 1 is 1.14 bits per heavy atom. The molecule has 0 atom stereocenters. The Hall–Kier alpha value is -3.20. The molecule has 28 heavy (non-hydrogen) atoms. The van der Waals surface area contributed by atoms with Crippen LogP contribution in [0.25, 0.3) is 11.6 Å². The van der Waals surface area contributed by atoms with Crippen molar-refractivity contribution in [3.05, 3.63) is 54.4 Å². The lowest BCUT2D eigenvalue weighted by Crippen LogP contribution is -2.49. The molecule has 0 N–H and O–H groups in total. The summed E-state index contributed by atoms with van der Waals surface area (Å²) in [5.74, 6) is 1.52. The number of carbonyl (C=O) groups excluding carboxylic acids is 1. The third kappa shape index (κ3) is 4.37. The third-order valence-electron chi connectivity index (χ3n) is 4.47. The molecule has 3 aromatic rings. The number of rotatable bonds is 6. The van der Waals surface area contributed by atoms with E-state index < -0.39 is 0 Å². The lowest BCUT2D eigenvalue weighted by atomic mass is 10.3. The van der Waals surface area contributed by atoms with Crippen LogP contribution >= 0.6 is 0 Å². The molecule has 1 aliphatic rings. The number of aromatic nitrogens is 2. The monoisotopic (exact) mass is 386 g/mol. The third-order valence-corrected chi connectivity index (χ3v) is 4.47. The van der Waals surface area contributed by atoms with E-state index in [1.807, 2.05) is 0 Å². The van der Waals surface area contributed by atoms with Crippen molar-refractivity contribution in [3.63, 3.8) is 0 Å². The van der Waals surface area contributed by atoms with Crippen LogP contribution in [0.2, 0.25) is 0 Å². The van der Waals surface area contributed by atoms with E-state index in [4.69, 9.17) is 13.7 Å². The minimum Gasteiger partial charge on any atom is -0.484 e. The number of piperazine rings is 1. The fraction of sp³-hybridized carbons (Fsp3) is 0.316. The van der Waals surface area contributed by atoms with Gasteiger partial charge in [-0.2, -0.15) is 4.98 Å². The van der Waals surface area contributed by atoms with Gasteiger partial charge >= 0.3 is 0 Å². The highest BCUT2D eigenvalue weighted by molar-refractivity contribution is 5.77. The highest BCUT2D eigenvalue weighted by Gasteiger charge is 2.23. The van der Waals surface area contributed by atoms with Gasteiger partial charge in [-0.3, -0.25) is 9.69 Å². The van der Waals surface area contributed by atoms with Gasteiger partial charge in [-0.25, -0.2) is 4.39 Å². The molecule has 2 aromatic heterocycles. The van der Waals surface area contributed by atoms with Crippen LogP contribution in [0.15, 0.2) is 51.6 Å². The fourth-order valence-corrected chi connectivity index (χ4v) is 2.94. The molecule has 0 saturated carbocycles. The first kappa shape index (κ1) is 18.2. The molecule has 1 amide bonds. The Morgan fingerprint density at radius 2 is 1.93 bits per heavy atom. The second-order valence-corrected chi connectivity index (χ2v) is 6.39. The predicted octanol–water partition coefficient (Wildman–Crippen LogP) is 2.19. The van der Waals surface area contributed by atoms with Crippen molar-refractivity contribution >= 4 is 5.91 Å². The van der Waals surface area contributed by atoms with Crippen LogP contribution in [0.1, 0.15) is 5.89 Å². The average Bonchev–Trinajstić information content (AvgIpc) is 3.40. The standard InChI is InChI=1S/C19H19FN4O4/c20-14-3-5-15(6-4-14)27-13-18(25)24-9-7-23(8-10-24)12-17-21-19(22-28-17)16-2-1-11-26-16/h1-6,11H,7-10,12-13H2. The van der Waals surface area contributed by atoms with Crippen LogP contribution < -0.4 is 4.74 Å². The van der Waals surface area contributed by atoms with Crippen molar-refractivity contribution in [1.82, 2.24) is 19.9 Å². The van der Waals surface area contributed by atoms with Crippen LogP contribution in [-0.2, 0) is 11.3 Å². The smallest absolute Gasteiger partial charge is 0.260 e. The SMILES string of the molecule is O=C(COc1ccc(F)cc1)N1CCN(Cc2nc(-c3ccco3)no2)CC1. The minimum absolute atomic E-state index is 0.0677. The molecule has 1 saturated heterocycles. The molecule has 3 heterocycles. The summed E-state index contributed by atoms with van der Waals surface area (Å²) in [6.45, 7) is 3.01. The number of hydrogen-bond donors (Lipinski definition) is 0. The van der Waals surface area contributed by atoms with Gasteiger partial charge in [-0.15, -0.1) is 0 Å². The van der Waals surface area contributed by atoms with E-state index in [0.717, 1.165) is 0 Å². The topological polar surface area (TPSA) is 84.8 Å². The number of hydrogen-bond acceptors (Lipinski definition) is 7. The average molecular weight is 386 g/mol. The number of furan rings is 1. The molecule has 9 heteroatoms. The van der Waals surface area contributed by atoms with Gasteiger partial charge < -0.3 is 18.6 Å². The summed E-state index contributed by atoms with van der Waals surface area (Å²) >= 11 is 0. The van der Waals surface area contributed by atoms with Gasteiger partial charge in [-0.05, 0) is 36.4 Å². The lowest BCUT2D eigenvalue weighted by molar-refractivity contribution is -0.135. The zero-order valence-corrected chi connectivity index (χ0v) is 15.1. The van der Waals surface area contributed by atoms with E-state index in [0.29, 0.717) is 55.9 Å². The number of benzene rings is 1. The molecule has 1 aromatic carbocycles. The summed E-state index contributed by atoms with van der Waals surface area (Å²) in [5.41, 5.74) is 0. The molecule has 0 unspecified atom stereocenters. The molecule has 0 radical (unpaired) electrons. The highest BCUT2D eigenvalue weighted by Crippen LogP contribution is 2.17. The molecule has 4 rings (SSSR count). The summed E-state index contributed by atoms with van der Waals surface area (Å²) in [7, 11) is 0. The normalized spacial score (nSPS) is 15.0. The van der Waals surface area contributed by atoms with Gasteiger partial charge in [0.05, 0.1) is 12.8 Å². The molecule has 146 valence electrons. The Balaban J connectivity index is 1.23. The van der Waals surface area contributed by atoms with E-state index in [9.17, 15) is 9.18 Å². The molecular weight excluding hydrogens is 367 g/mol. The van der Waals surface area contributed by atoms with E-state index in [1.54, 1.807) is 23.3 Å². The molecule has 0 aliphatic carbocycles. The van der Waals surface area contributed by atoms with Crippen molar-refractivity contribution in [2.24, 2.45) is 0 Å².